The summed E-state index contributed by atoms with van der Waals surface area (Å²) in [6.07, 6.45) is 3.73. The Bertz CT molecular complexity index is 524. The summed E-state index contributed by atoms with van der Waals surface area (Å²) in [7, 11) is 2.00. The normalized spacial score (nSPS) is 13.2. The number of benzene rings is 1. The molecule has 1 N–H and O–H groups in total. The van der Waals surface area contributed by atoms with Crippen LogP contribution in [-0.2, 0) is 5.41 Å². The fourth-order valence-corrected chi connectivity index (χ4v) is 2.44. The van der Waals surface area contributed by atoms with Crippen molar-refractivity contribution in [3.63, 3.8) is 0 Å². The van der Waals surface area contributed by atoms with E-state index in [0.29, 0.717) is 5.92 Å². The SMILES string of the molecule is CNCC(c1ccncc1)c1ccc(C(C)(C)C)cc1. The van der Waals surface area contributed by atoms with Gasteiger partial charge in [0.2, 0.25) is 0 Å². The summed E-state index contributed by atoms with van der Waals surface area (Å²) in [4.78, 5) is 4.11. The smallest absolute Gasteiger partial charge is 0.0270 e. The van der Waals surface area contributed by atoms with Crippen molar-refractivity contribution in [1.82, 2.24) is 10.3 Å². The molecule has 2 nitrogen and oxygen atoms in total. The summed E-state index contributed by atoms with van der Waals surface area (Å²) in [6.45, 7) is 7.67. The van der Waals surface area contributed by atoms with Crippen LogP contribution >= 0.6 is 0 Å². The quantitative estimate of drug-likeness (QED) is 0.914. The van der Waals surface area contributed by atoms with Crippen LogP contribution < -0.4 is 5.32 Å². The van der Waals surface area contributed by atoms with Crippen molar-refractivity contribution in [2.45, 2.75) is 32.1 Å². The van der Waals surface area contributed by atoms with E-state index in [1.807, 2.05) is 19.4 Å². The Hall–Kier alpha value is -1.67. The van der Waals surface area contributed by atoms with Gasteiger partial charge in [0, 0.05) is 24.9 Å². The van der Waals surface area contributed by atoms with Gasteiger partial charge in [0.25, 0.3) is 0 Å². The van der Waals surface area contributed by atoms with Gasteiger partial charge in [-0.2, -0.15) is 0 Å². The van der Waals surface area contributed by atoms with Gasteiger partial charge in [-0.25, -0.2) is 0 Å². The van der Waals surface area contributed by atoms with E-state index >= 15 is 0 Å². The summed E-state index contributed by atoms with van der Waals surface area (Å²) in [5, 5.41) is 3.29. The van der Waals surface area contributed by atoms with E-state index in [2.05, 4.69) is 67.5 Å². The van der Waals surface area contributed by atoms with Gasteiger partial charge in [-0.3, -0.25) is 4.98 Å². The van der Waals surface area contributed by atoms with Gasteiger partial charge in [-0.15, -0.1) is 0 Å². The Morgan fingerprint density at radius 1 is 0.950 bits per heavy atom. The highest BCUT2D eigenvalue weighted by atomic mass is 14.8. The second-order valence-corrected chi connectivity index (χ2v) is 6.26. The third-order valence-electron chi connectivity index (χ3n) is 3.70. The first kappa shape index (κ1) is 14.7. The number of hydrogen-bond acceptors (Lipinski definition) is 2. The van der Waals surface area contributed by atoms with Crippen molar-refractivity contribution < 1.29 is 0 Å². The van der Waals surface area contributed by atoms with E-state index in [0.717, 1.165) is 6.54 Å². The highest BCUT2D eigenvalue weighted by molar-refractivity contribution is 5.35. The van der Waals surface area contributed by atoms with E-state index < -0.39 is 0 Å². The Morgan fingerprint density at radius 3 is 2.00 bits per heavy atom. The molecule has 1 aromatic carbocycles. The molecule has 0 spiro atoms. The summed E-state index contributed by atoms with van der Waals surface area (Å²) in [5.41, 5.74) is 4.23. The topological polar surface area (TPSA) is 24.9 Å². The molecule has 1 heterocycles. The molecule has 0 saturated heterocycles. The van der Waals surface area contributed by atoms with Gasteiger partial charge in [-0.1, -0.05) is 45.0 Å². The van der Waals surface area contributed by atoms with Gasteiger partial charge in [0.1, 0.15) is 0 Å². The van der Waals surface area contributed by atoms with Gasteiger partial charge in [0.05, 0.1) is 0 Å². The number of hydrogen-bond donors (Lipinski definition) is 1. The Morgan fingerprint density at radius 2 is 1.50 bits per heavy atom. The standard InChI is InChI=1S/C18H24N2/c1-18(2,3)16-7-5-14(6-8-16)17(13-19-4)15-9-11-20-12-10-15/h5-12,17,19H,13H2,1-4H3. The fraction of sp³-hybridized carbons (Fsp3) is 0.389. The van der Waals surface area contributed by atoms with E-state index in [9.17, 15) is 0 Å². The third-order valence-corrected chi connectivity index (χ3v) is 3.70. The Kier molecular flexibility index (Phi) is 4.56. The Labute approximate surface area is 122 Å². The fourth-order valence-electron chi connectivity index (χ4n) is 2.44. The van der Waals surface area contributed by atoms with E-state index in [1.54, 1.807) is 0 Å². The van der Waals surface area contributed by atoms with Crippen molar-refractivity contribution in [3.8, 4) is 0 Å². The predicted octanol–water partition coefficient (Wildman–Crippen LogP) is 3.73. The average Bonchev–Trinajstić information content (AvgIpc) is 2.45. The molecule has 0 amide bonds. The lowest BCUT2D eigenvalue weighted by Crippen LogP contribution is -2.18. The second kappa shape index (κ2) is 6.19. The molecule has 106 valence electrons. The van der Waals surface area contributed by atoms with E-state index in [-0.39, 0.29) is 5.41 Å². The van der Waals surface area contributed by atoms with Crippen LogP contribution in [0.4, 0.5) is 0 Å². The molecule has 0 bridgehead atoms. The number of likely N-dealkylation sites (N-methyl/N-ethyl adjacent to an activating group) is 1. The number of nitrogens with zero attached hydrogens (tertiary/aromatic N) is 1. The molecule has 2 rings (SSSR count). The maximum atomic E-state index is 4.11. The molecule has 0 aliphatic rings. The number of rotatable bonds is 4. The lowest BCUT2D eigenvalue weighted by atomic mass is 9.84. The average molecular weight is 268 g/mol. The maximum Gasteiger partial charge on any atom is 0.0270 e. The van der Waals surface area contributed by atoms with E-state index in [4.69, 9.17) is 0 Å². The molecule has 0 aliphatic carbocycles. The summed E-state index contributed by atoms with van der Waals surface area (Å²) in [6, 6.07) is 13.2. The highest BCUT2D eigenvalue weighted by Gasteiger charge is 2.16. The zero-order chi connectivity index (χ0) is 14.6. The van der Waals surface area contributed by atoms with E-state index in [1.165, 1.54) is 16.7 Å². The van der Waals surface area contributed by atoms with Crippen LogP contribution in [0, 0.1) is 0 Å². The minimum absolute atomic E-state index is 0.202. The number of aromatic nitrogens is 1. The second-order valence-electron chi connectivity index (χ2n) is 6.26. The zero-order valence-electron chi connectivity index (χ0n) is 12.9. The Balaban J connectivity index is 2.31. The van der Waals surface area contributed by atoms with Crippen LogP contribution in [0.1, 0.15) is 43.4 Å². The first-order chi connectivity index (χ1) is 9.52. The lowest BCUT2D eigenvalue weighted by Gasteiger charge is -2.22. The van der Waals surface area contributed by atoms with Crippen LogP contribution in [0.5, 0.6) is 0 Å². The molecule has 1 unspecified atom stereocenters. The van der Waals surface area contributed by atoms with Crippen molar-refractivity contribution in [3.05, 3.63) is 65.5 Å². The van der Waals surface area contributed by atoms with Crippen LogP contribution in [0.3, 0.4) is 0 Å². The van der Waals surface area contributed by atoms with Crippen molar-refractivity contribution >= 4 is 0 Å². The summed E-state index contributed by atoms with van der Waals surface area (Å²) in [5.74, 6) is 0.372. The number of nitrogens with one attached hydrogen (secondary N) is 1. The van der Waals surface area contributed by atoms with Gasteiger partial charge in [0.15, 0.2) is 0 Å². The molecule has 0 saturated carbocycles. The van der Waals surface area contributed by atoms with Crippen molar-refractivity contribution in [2.24, 2.45) is 0 Å². The lowest BCUT2D eigenvalue weighted by molar-refractivity contribution is 0.589. The molecule has 2 aromatic rings. The third kappa shape index (κ3) is 3.45. The molecular weight excluding hydrogens is 244 g/mol. The number of pyridine rings is 1. The van der Waals surface area contributed by atoms with Gasteiger partial charge in [-0.05, 0) is 41.3 Å². The minimum Gasteiger partial charge on any atom is -0.319 e. The molecule has 20 heavy (non-hydrogen) atoms. The largest absolute Gasteiger partial charge is 0.319 e. The van der Waals surface area contributed by atoms with Crippen LogP contribution in [0.25, 0.3) is 0 Å². The van der Waals surface area contributed by atoms with Crippen LogP contribution in [0.2, 0.25) is 0 Å². The van der Waals surface area contributed by atoms with Crippen molar-refractivity contribution in [1.29, 1.82) is 0 Å². The zero-order valence-corrected chi connectivity index (χ0v) is 12.9. The first-order valence-corrected chi connectivity index (χ1v) is 7.17. The molecule has 1 aromatic heterocycles. The monoisotopic (exact) mass is 268 g/mol. The molecular formula is C18H24N2. The molecule has 2 heteroatoms. The maximum absolute atomic E-state index is 4.11. The van der Waals surface area contributed by atoms with Crippen LogP contribution in [0.15, 0.2) is 48.8 Å². The summed E-state index contributed by atoms with van der Waals surface area (Å²) >= 11 is 0. The highest BCUT2D eigenvalue weighted by Crippen LogP contribution is 2.27. The molecule has 0 aliphatic heterocycles. The minimum atomic E-state index is 0.202. The van der Waals surface area contributed by atoms with Crippen LogP contribution in [-0.4, -0.2) is 18.6 Å². The first-order valence-electron chi connectivity index (χ1n) is 7.17. The van der Waals surface area contributed by atoms with Gasteiger partial charge < -0.3 is 5.32 Å². The summed E-state index contributed by atoms with van der Waals surface area (Å²) < 4.78 is 0. The molecule has 1 atom stereocenters. The predicted molar refractivity (Wildman–Crippen MR) is 85.1 cm³/mol. The molecule has 0 fully saturated rings. The van der Waals surface area contributed by atoms with Crippen molar-refractivity contribution in [2.75, 3.05) is 13.6 Å². The van der Waals surface area contributed by atoms with Gasteiger partial charge >= 0.3 is 0 Å². The molecule has 0 radical (unpaired) electrons.